The monoisotopic (exact) mass is 440 g/mol. The van der Waals surface area contributed by atoms with Crippen LogP contribution >= 0.6 is 11.6 Å². The molecule has 9 heteroatoms. The Morgan fingerprint density at radius 2 is 1.90 bits per heavy atom. The molecule has 1 aromatic carbocycles. The Kier molecular flexibility index (Phi) is 7.71. The molecule has 0 bridgehead atoms. The quantitative estimate of drug-likeness (QED) is 0.399. The number of halogens is 1. The molecular weight excluding hydrogens is 412 g/mol. The van der Waals surface area contributed by atoms with Gasteiger partial charge in [-0.2, -0.15) is 0 Å². The fourth-order valence-corrected chi connectivity index (χ4v) is 3.72. The lowest BCUT2D eigenvalue weighted by molar-refractivity contribution is -0.176. The number of rotatable bonds is 6. The van der Waals surface area contributed by atoms with E-state index in [1.165, 1.54) is 4.90 Å². The molecule has 0 radical (unpaired) electrons. The van der Waals surface area contributed by atoms with Gasteiger partial charge in [0.1, 0.15) is 17.7 Å². The fraction of sp³-hybridized carbons (Fsp3) is 0.571. The molecule has 1 heterocycles. The van der Waals surface area contributed by atoms with Crippen LogP contribution in [-0.4, -0.2) is 56.2 Å². The molecule has 30 heavy (non-hydrogen) atoms. The molecular formula is C21H29ClN2O6. The smallest absolute Gasteiger partial charge is 0.411 e. The SMILES string of the molecule is CC[C@@]1(C(=O)O)CC[C@@H](N(OCc2ccccc2)C(=O)Cl)CN1C(=O)OC(C)(C)C. The van der Waals surface area contributed by atoms with Crippen molar-refractivity contribution in [2.24, 2.45) is 0 Å². The largest absolute Gasteiger partial charge is 0.479 e. The number of amides is 2. The van der Waals surface area contributed by atoms with Crippen LogP contribution in [0, 0.1) is 0 Å². The number of carbonyl (C=O) groups is 3. The molecule has 0 aromatic heterocycles. The van der Waals surface area contributed by atoms with E-state index in [4.69, 9.17) is 21.2 Å². The van der Waals surface area contributed by atoms with E-state index in [2.05, 4.69) is 0 Å². The van der Waals surface area contributed by atoms with Gasteiger partial charge >= 0.3 is 17.4 Å². The molecule has 1 fully saturated rings. The van der Waals surface area contributed by atoms with Gasteiger partial charge in [0.2, 0.25) is 0 Å². The van der Waals surface area contributed by atoms with E-state index < -0.39 is 34.6 Å². The number of hydroxylamine groups is 2. The number of ether oxygens (including phenoxy) is 1. The summed E-state index contributed by atoms with van der Waals surface area (Å²) >= 11 is 5.76. The summed E-state index contributed by atoms with van der Waals surface area (Å²) in [5, 5.41) is 10.1. The van der Waals surface area contributed by atoms with E-state index in [1.54, 1.807) is 27.7 Å². The highest BCUT2D eigenvalue weighted by Gasteiger charge is 2.51. The lowest BCUT2D eigenvalue weighted by atomic mass is 9.82. The third kappa shape index (κ3) is 5.64. The average Bonchev–Trinajstić information content (AvgIpc) is 2.67. The number of nitrogens with zero attached hydrogens (tertiary/aromatic N) is 2. The van der Waals surface area contributed by atoms with Gasteiger partial charge in [-0.15, -0.1) is 0 Å². The van der Waals surface area contributed by atoms with Crippen LogP contribution in [0.2, 0.25) is 0 Å². The Labute approximate surface area is 181 Å². The van der Waals surface area contributed by atoms with Crippen molar-refractivity contribution in [2.45, 2.75) is 70.7 Å². The van der Waals surface area contributed by atoms with Crippen molar-refractivity contribution in [1.82, 2.24) is 9.96 Å². The maximum atomic E-state index is 12.9. The van der Waals surface area contributed by atoms with Crippen molar-refractivity contribution < 1.29 is 29.1 Å². The maximum absolute atomic E-state index is 12.9. The van der Waals surface area contributed by atoms with Crippen LogP contribution < -0.4 is 0 Å². The second-order valence-electron chi connectivity index (χ2n) is 8.31. The van der Waals surface area contributed by atoms with Crippen molar-refractivity contribution in [2.75, 3.05) is 6.54 Å². The summed E-state index contributed by atoms with van der Waals surface area (Å²) in [4.78, 5) is 43.9. The number of carbonyl (C=O) groups excluding carboxylic acids is 2. The molecule has 2 atom stereocenters. The zero-order valence-electron chi connectivity index (χ0n) is 17.8. The summed E-state index contributed by atoms with van der Waals surface area (Å²) in [6, 6.07) is 8.64. The molecule has 2 rings (SSSR count). The standard InChI is InChI=1S/C21H29ClN2O6/c1-5-21(17(25)26)12-11-16(13-23(21)19(28)30-20(2,3)4)24(18(22)27)29-14-15-9-7-6-8-10-15/h6-10,16H,5,11-14H2,1-4H3,(H,25,26)/t16-,21+/m1/s1. The number of benzene rings is 1. The highest BCUT2D eigenvalue weighted by atomic mass is 35.5. The van der Waals surface area contributed by atoms with Crippen LogP contribution in [0.4, 0.5) is 9.59 Å². The molecule has 1 aliphatic heterocycles. The second-order valence-corrected chi connectivity index (χ2v) is 8.63. The minimum atomic E-state index is -1.42. The van der Waals surface area contributed by atoms with E-state index in [1.807, 2.05) is 30.3 Å². The molecule has 1 aliphatic rings. The van der Waals surface area contributed by atoms with Crippen LogP contribution in [-0.2, 0) is 21.0 Å². The number of piperidine rings is 1. The highest BCUT2D eigenvalue weighted by molar-refractivity contribution is 6.62. The van der Waals surface area contributed by atoms with Crippen LogP contribution in [0.25, 0.3) is 0 Å². The molecule has 0 spiro atoms. The molecule has 1 N–H and O–H groups in total. The van der Waals surface area contributed by atoms with Gasteiger partial charge in [-0.05, 0) is 57.2 Å². The average molecular weight is 441 g/mol. The summed E-state index contributed by atoms with van der Waals surface area (Å²) in [5.74, 6) is -1.11. The number of hydrogen-bond donors (Lipinski definition) is 1. The topological polar surface area (TPSA) is 96.4 Å². The van der Waals surface area contributed by atoms with E-state index in [9.17, 15) is 19.5 Å². The molecule has 0 unspecified atom stereocenters. The van der Waals surface area contributed by atoms with Gasteiger partial charge < -0.3 is 9.84 Å². The maximum Gasteiger partial charge on any atom is 0.411 e. The van der Waals surface area contributed by atoms with Gasteiger partial charge in [-0.3, -0.25) is 14.5 Å². The third-order valence-electron chi connectivity index (χ3n) is 5.12. The molecule has 1 aromatic rings. The van der Waals surface area contributed by atoms with E-state index in [0.717, 1.165) is 10.6 Å². The van der Waals surface area contributed by atoms with Gasteiger partial charge in [0.15, 0.2) is 0 Å². The van der Waals surface area contributed by atoms with E-state index in [-0.39, 0.29) is 26.0 Å². The molecule has 0 saturated carbocycles. The van der Waals surface area contributed by atoms with Crippen LogP contribution in [0.3, 0.4) is 0 Å². The lowest BCUT2D eigenvalue weighted by Crippen LogP contribution is -2.64. The van der Waals surface area contributed by atoms with Gasteiger partial charge in [0.25, 0.3) is 0 Å². The van der Waals surface area contributed by atoms with E-state index in [0.29, 0.717) is 6.42 Å². The number of aliphatic carboxylic acids is 1. The number of hydrogen-bond acceptors (Lipinski definition) is 5. The lowest BCUT2D eigenvalue weighted by Gasteiger charge is -2.47. The van der Waals surface area contributed by atoms with Crippen molar-refractivity contribution >= 4 is 29.0 Å². The number of likely N-dealkylation sites (tertiary alicyclic amines) is 1. The van der Waals surface area contributed by atoms with Gasteiger partial charge in [-0.25, -0.2) is 14.7 Å². The van der Waals surface area contributed by atoms with Crippen LogP contribution in [0.15, 0.2) is 30.3 Å². The Hall–Kier alpha value is -2.32. The fourth-order valence-electron chi connectivity index (χ4n) is 3.53. The van der Waals surface area contributed by atoms with Crippen molar-refractivity contribution in [1.29, 1.82) is 0 Å². The zero-order valence-corrected chi connectivity index (χ0v) is 18.5. The zero-order chi connectivity index (χ0) is 22.5. The Balaban J connectivity index is 2.25. The normalized spacial score (nSPS) is 21.8. The Morgan fingerprint density at radius 1 is 1.27 bits per heavy atom. The first-order chi connectivity index (χ1) is 14.0. The van der Waals surface area contributed by atoms with Crippen molar-refractivity contribution in [3.63, 3.8) is 0 Å². The predicted octanol–water partition coefficient (Wildman–Crippen LogP) is 4.41. The van der Waals surface area contributed by atoms with Gasteiger partial charge in [0.05, 0.1) is 6.04 Å². The van der Waals surface area contributed by atoms with Crippen molar-refractivity contribution in [3.8, 4) is 0 Å². The summed E-state index contributed by atoms with van der Waals surface area (Å²) in [6.45, 7) is 6.87. The predicted molar refractivity (Wildman–Crippen MR) is 111 cm³/mol. The molecule has 8 nitrogen and oxygen atoms in total. The second kappa shape index (κ2) is 9.66. The minimum Gasteiger partial charge on any atom is -0.479 e. The highest BCUT2D eigenvalue weighted by Crippen LogP contribution is 2.35. The third-order valence-corrected chi connectivity index (χ3v) is 5.28. The van der Waals surface area contributed by atoms with Gasteiger partial charge in [0, 0.05) is 6.54 Å². The minimum absolute atomic E-state index is 0.0672. The first-order valence-electron chi connectivity index (χ1n) is 9.89. The van der Waals surface area contributed by atoms with Crippen LogP contribution in [0.1, 0.15) is 52.5 Å². The summed E-state index contributed by atoms with van der Waals surface area (Å²) in [6.07, 6.45) is -0.0971. The van der Waals surface area contributed by atoms with Crippen LogP contribution in [0.5, 0.6) is 0 Å². The molecule has 1 saturated heterocycles. The Bertz CT molecular complexity index is 767. The molecule has 0 aliphatic carbocycles. The first-order valence-corrected chi connectivity index (χ1v) is 10.3. The number of carboxylic acid groups (broad SMARTS) is 1. The molecule has 166 valence electrons. The number of carboxylic acids is 1. The first kappa shape index (κ1) is 24.0. The summed E-state index contributed by atoms with van der Waals surface area (Å²) < 4.78 is 5.45. The van der Waals surface area contributed by atoms with Crippen molar-refractivity contribution in [3.05, 3.63) is 35.9 Å². The summed E-state index contributed by atoms with van der Waals surface area (Å²) in [7, 11) is 0. The Morgan fingerprint density at radius 3 is 2.40 bits per heavy atom. The van der Waals surface area contributed by atoms with E-state index >= 15 is 0 Å². The van der Waals surface area contributed by atoms with Gasteiger partial charge in [-0.1, -0.05) is 37.3 Å². The summed E-state index contributed by atoms with van der Waals surface area (Å²) in [5.41, 5.74) is -1.37. The molecule has 2 amide bonds.